The molecule has 0 atom stereocenters. The second kappa shape index (κ2) is 6.09. The van der Waals surface area contributed by atoms with Gasteiger partial charge in [0.2, 0.25) is 0 Å². The Bertz CT molecular complexity index is 712. The first-order valence-corrected chi connectivity index (χ1v) is 8.01. The number of halogens is 1. The fourth-order valence-electron chi connectivity index (χ4n) is 2.88. The van der Waals surface area contributed by atoms with Gasteiger partial charge in [0.05, 0.1) is 5.56 Å². The molecule has 0 unspecified atom stereocenters. The Balaban J connectivity index is 1.98. The second-order valence-electron chi connectivity index (χ2n) is 5.94. The SMILES string of the molecule is CC(C)c1ccc2c(c1)CCCN2C(=O)c1cccnc1Cl. The highest BCUT2D eigenvalue weighted by atomic mass is 35.5. The summed E-state index contributed by atoms with van der Waals surface area (Å²) in [5.74, 6) is 0.417. The van der Waals surface area contributed by atoms with Gasteiger partial charge in [-0.25, -0.2) is 4.98 Å². The maximum absolute atomic E-state index is 12.8. The van der Waals surface area contributed by atoms with Gasteiger partial charge in [-0.2, -0.15) is 0 Å². The number of hydrogen-bond donors (Lipinski definition) is 0. The normalized spacial score (nSPS) is 14.1. The minimum Gasteiger partial charge on any atom is -0.308 e. The van der Waals surface area contributed by atoms with Gasteiger partial charge in [-0.3, -0.25) is 4.79 Å². The van der Waals surface area contributed by atoms with Crippen LogP contribution in [0, 0.1) is 0 Å². The van der Waals surface area contributed by atoms with E-state index in [2.05, 4.69) is 37.0 Å². The summed E-state index contributed by atoms with van der Waals surface area (Å²) in [5, 5.41) is 0.262. The number of anilines is 1. The third kappa shape index (κ3) is 2.73. The van der Waals surface area contributed by atoms with Crippen molar-refractivity contribution in [2.75, 3.05) is 11.4 Å². The van der Waals surface area contributed by atoms with Crippen LogP contribution in [-0.2, 0) is 6.42 Å². The van der Waals surface area contributed by atoms with Crippen molar-refractivity contribution in [3.05, 3.63) is 58.4 Å². The van der Waals surface area contributed by atoms with Crippen LogP contribution in [-0.4, -0.2) is 17.4 Å². The molecule has 2 aromatic rings. The highest BCUT2D eigenvalue weighted by molar-refractivity contribution is 6.33. The highest BCUT2D eigenvalue weighted by Crippen LogP contribution is 2.31. The fraction of sp³-hybridized carbons (Fsp3) is 0.333. The fourth-order valence-corrected chi connectivity index (χ4v) is 3.08. The standard InChI is InChI=1S/C18H19ClN2O/c1-12(2)13-7-8-16-14(11-13)5-4-10-21(16)18(22)15-6-3-9-20-17(15)19/h3,6-9,11-12H,4-5,10H2,1-2H3. The van der Waals surface area contributed by atoms with Gasteiger partial charge in [0.1, 0.15) is 5.15 Å². The number of carbonyl (C=O) groups excluding carboxylic acids is 1. The number of amides is 1. The zero-order valence-electron chi connectivity index (χ0n) is 12.8. The van der Waals surface area contributed by atoms with E-state index in [-0.39, 0.29) is 11.1 Å². The molecule has 0 fully saturated rings. The molecule has 0 saturated carbocycles. The third-order valence-electron chi connectivity index (χ3n) is 4.12. The van der Waals surface area contributed by atoms with Gasteiger partial charge in [-0.05, 0) is 48.1 Å². The number of fused-ring (bicyclic) bond motifs is 1. The van der Waals surface area contributed by atoms with Crippen LogP contribution in [0.15, 0.2) is 36.5 Å². The van der Waals surface area contributed by atoms with E-state index >= 15 is 0 Å². The molecule has 0 radical (unpaired) electrons. The van der Waals surface area contributed by atoms with Gasteiger partial charge in [-0.15, -0.1) is 0 Å². The van der Waals surface area contributed by atoms with Crippen LogP contribution in [0.1, 0.15) is 47.7 Å². The van der Waals surface area contributed by atoms with Crippen molar-refractivity contribution >= 4 is 23.2 Å². The van der Waals surface area contributed by atoms with Gasteiger partial charge in [0.25, 0.3) is 5.91 Å². The molecule has 1 aliphatic heterocycles. The summed E-state index contributed by atoms with van der Waals surface area (Å²) in [5.41, 5.74) is 4.02. The number of nitrogens with zero attached hydrogens (tertiary/aromatic N) is 2. The van der Waals surface area contributed by atoms with Gasteiger partial charge in [-0.1, -0.05) is 37.6 Å². The first-order valence-electron chi connectivity index (χ1n) is 7.63. The van der Waals surface area contributed by atoms with Crippen LogP contribution in [0.2, 0.25) is 5.15 Å². The molecule has 3 nitrogen and oxygen atoms in total. The van der Waals surface area contributed by atoms with Crippen LogP contribution in [0.25, 0.3) is 0 Å². The van der Waals surface area contributed by atoms with E-state index < -0.39 is 0 Å². The monoisotopic (exact) mass is 314 g/mol. The Morgan fingerprint density at radius 2 is 2.14 bits per heavy atom. The van der Waals surface area contributed by atoms with E-state index in [9.17, 15) is 4.79 Å². The molecule has 0 spiro atoms. The summed E-state index contributed by atoms with van der Waals surface area (Å²) in [6.45, 7) is 5.09. The lowest BCUT2D eigenvalue weighted by Crippen LogP contribution is -2.35. The van der Waals surface area contributed by atoms with Gasteiger partial charge in [0.15, 0.2) is 0 Å². The maximum Gasteiger partial charge on any atom is 0.261 e. The molecule has 1 aromatic carbocycles. The summed E-state index contributed by atoms with van der Waals surface area (Å²) >= 11 is 6.07. The van der Waals surface area contributed by atoms with Crippen molar-refractivity contribution < 1.29 is 4.79 Å². The molecule has 4 heteroatoms. The van der Waals surface area contributed by atoms with E-state index in [1.165, 1.54) is 11.1 Å². The summed E-state index contributed by atoms with van der Waals surface area (Å²) in [4.78, 5) is 18.6. The molecule has 114 valence electrons. The van der Waals surface area contributed by atoms with Crippen LogP contribution in [0.5, 0.6) is 0 Å². The average Bonchev–Trinajstić information content (AvgIpc) is 2.53. The Kier molecular flexibility index (Phi) is 4.16. The third-order valence-corrected chi connectivity index (χ3v) is 4.42. The molecule has 2 heterocycles. The van der Waals surface area contributed by atoms with E-state index in [4.69, 9.17) is 11.6 Å². The van der Waals surface area contributed by atoms with E-state index in [1.54, 1.807) is 18.3 Å². The van der Waals surface area contributed by atoms with Crippen molar-refractivity contribution in [3.8, 4) is 0 Å². The number of rotatable bonds is 2. The first-order chi connectivity index (χ1) is 10.6. The number of pyridine rings is 1. The first kappa shape index (κ1) is 15.0. The van der Waals surface area contributed by atoms with Crippen LogP contribution < -0.4 is 4.90 Å². The van der Waals surface area contributed by atoms with Gasteiger partial charge >= 0.3 is 0 Å². The van der Waals surface area contributed by atoms with Crippen molar-refractivity contribution in [3.63, 3.8) is 0 Å². The Labute approximate surface area is 135 Å². The summed E-state index contributed by atoms with van der Waals surface area (Å²) in [6.07, 6.45) is 3.58. The lowest BCUT2D eigenvalue weighted by Gasteiger charge is -2.30. The number of aryl methyl sites for hydroxylation is 1. The molecule has 0 bridgehead atoms. The predicted molar refractivity (Wildman–Crippen MR) is 89.8 cm³/mol. The van der Waals surface area contributed by atoms with Crippen LogP contribution >= 0.6 is 11.6 Å². The van der Waals surface area contributed by atoms with Crippen molar-refractivity contribution in [1.82, 2.24) is 4.98 Å². The lowest BCUT2D eigenvalue weighted by molar-refractivity contribution is 0.0985. The molecule has 0 N–H and O–H groups in total. The molecule has 1 aromatic heterocycles. The van der Waals surface area contributed by atoms with Gasteiger partial charge in [0, 0.05) is 18.4 Å². The topological polar surface area (TPSA) is 33.2 Å². The number of benzene rings is 1. The number of aromatic nitrogens is 1. The molecular formula is C18H19ClN2O. The van der Waals surface area contributed by atoms with E-state index in [0.29, 0.717) is 11.5 Å². The van der Waals surface area contributed by atoms with Crippen molar-refractivity contribution in [2.45, 2.75) is 32.6 Å². The summed E-state index contributed by atoms with van der Waals surface area (Å²) < 4.78 is 0. The minimum atomic E-state index is -0.0728. The molecule has 3 rings (SSSR count). The average molecular weight is 315 g/mol. The molecule has 1 aliphatic rings. The molecule has 1 amide bonds. The van der Waals surface area contributed by atoms with Gasteiger partial charge < -0.3 is 4.90 Å². The molecule has 0 saturated heterocycles. The lowest BCUT2D eigenvalue weighted by atomic mass is 9.94. The Morgan fingerprint density at radius 3 is 2.86 bits per heavy atom. The minimum absolute atomic E-state index is 0.0728. The maximum atomic E-state index is 12.8. The second-order valence-corrected chi connectivity index (χ2v) is 6.30. The van der Waals surface area contributed by atoms with E-state index in [1.807, 2.05) is 4.90 Å². The van der Waals surface area contributed by atoms with Crippen molar-refractivity contribution in [2.24, 2.45) is 0 Å². The highest BCUT2D eigenvalue weighted by Gasteiger charge is 2.25. The van der Waals surface area contributed by atoms with Crippen LogP contribution in [0.3, 0.4) is 0 Å². The predicted octanol–water partition coefficient (Wildman–Crippen LogP) is 4.45. The zero-order valence-corrected chi connectivity index (χ0v) is 13.6. The zero-order chi connectivity index (χ0) is 15.7. The quantitative estimate of drug-likeness (QED) is 0.767. The van der Waals surface area contributed by atoms with Crippen LogP contribution in [0.4, 0.5) is 5.69 Å². The Hall–Kier alpha value is -1.87. The number of hydrogen-bond acceptors (Lipinski definition) is 2. The van der Waals surface area contributed by atoms with Crippen molar-refractivity contribution in [1.29, 1.82) is 0 Å². The summed E-state index contributed by atoms with van der Waals surface area (Å²) in [6, 6.07) is 9.87. The molecular weight excluding hydrogens is 296 g/mol. The molecule has 22 heavy (non-hydrogen) atoms. The van der Waals surface area contributed by atoms with E-state index in [0.717, 1.165) is 25.1 Å². The smallest absolute Gasteiger partial charge is 0.261 e. The Morgan fingerprint density at radius 1 is 1.32 bits per heavy atom. The largest absolute Gasteiger partial charge is 0.308 e. The molecule has 0 aliphatic carbocycles. The number of carbonyl (C=O) groups is 1. The summed E-state index contributed by atoms with van der Waals surface area (Å²) in [7, 11) is 0.